The van der Waals surface area contributed by atoms with Crippen LogP contribution in [0.25, 0.3) is 22.5 Å². The quantitative estimate of drug-likeness (QED) is 0.501. The number of anilines is 1. The molecule has 0 aromatic carbocycles. The summed E-state index contributed by atoms with van der Waals surface area (Å²) >= 11 is 0. The Morgan fingerprint density at radius 2 is 1.79 bits per heavy atom. The molecule has 2 fully saturated rings. The molecule has 0 atom stereocenters. The van der Waals surface area contributed by atoms with Crippen molar-refractivity contribution < 1.29 is 22.3 Å². The Bertz CT molecular complexity index is 1270. The Balaban J connectivity index is 1.46. The summed E-state index contributed by atoms with van der Waals surface area (Å²) in [5.74, 6) is 2.69. The zero-order chi connectivity index (χ0) is 23.7. The van der Waals surface area contributed by atoms with Crippen molar-refractivity contribution in [3.63, 3.8) is 0 Å². The summed E-state index contributed by atoms with van der Waals surface area (Å²) < 4.78 is 42.2. The van der Waals surface area contributed by atoms with Crippen LogP contribution in [0.5, 0.6) is 5.75 Å². The molecule has 3 aromatic heterocycles. The lowest BCUT2D eigenvalue weighted by molar-refractivity contribution is 0.122. The largest absolute Gasteiger partial charge is 0.495 e. The maximum absolute atomic E-state index is 11.8. The second-order valence-electron chi connectivity index (χ2n) is 8.45. The van der Waals surface area contributed by atoms with Gasteiger partial charge < -0.3 is 18.8 Å². The van der Waals surface area contributed by atoms with Gasteiger partial charge in [-0.1, -0.05) is 0 Å². The molecule has 0 radical (unpaired) electrons. The first-order valence-electron chi connectivity index (χ1n) is 11.2. The van der Waals surface area contributed by atoms with Gasteiger partial charge in [0.1, 0.15) is 17.0 Å². The average molecular weight is 489 g/mol. The smallest absolute Gasteiger partial charge is 0.211 e. The van der Waals surface area contributed by atoms with Crippen LogP contribution in [-0.2, 0) is 21.3 Å². The maximum Gasteiger partial charge on any atom is 0.211 e. The SMILES string of the molecule is COc1cncc(-c2nc(N3CCOCC3)c3oc(CN4CCN(S(C)(=O)=O)CC4)cc3n2)c1. The van der Waals surface area contributed by atoms with Crippen LogP contribution in [0.4, 0.5) is 5.82 Å². The van der Waals surface area contributed by atoms with E-state index in [1.807, 2.05) is 12.1 Å². The zero-order valence-electron chi connectivity index (χ0n) is 19.3. The van der Waals surface area contributed by atoms with Gasteiger partial charge in [0.2, 0.25) is 10.0 Å². The fourth-order valence-electron chi connectivity index (χ4n) is 4.25. The van der Waals surface area contributed by atoms with E-state index in [0.717, 1.165) is 22.7 Å². The van der Waals surface area contributed by atoms with Gasteiger partial charge in [0.25, 0.3) is 0 Å². The van der Waals surface area contributed by atoms with Crippen LogP contribution in [0.3, 0.4) is 0 Å². The number of morpholine rings is 1. The van der Waals surface area contributed by atoms with Gasteiger partial charge in [0.05, 0.1) is 39.3 Å². The monoisotopic (exact) mass is 488 g/mol. The second kappa shape index (κ2) is 9.45. The molecule has 0 bridgehead atoms. The molecule has 2 aliphatic heterocycles. The number of methoxy groups -OCH3 is 1. The molecule has 0 saturated carbocycles. The minimum atomic E-state index is -3.16. The van der Waals surface area contributed by atoms with Crippen LogP contribution in [0.15, 0.2) is 28.9 Å². The van der Waals surface area contributed by atoms with Crippen molar-refractivity contribution in [1.82, 2.24) is 24.2 Å². The molecule has 0 spiro atoms. The molecule has 2 aliphatic rings. The topological polar surface area (TPSA) is 114 Å². The lowest BCUT2D eigenvalue weighted by atomic mass is 10.2. The fourth-order valence-corrected chi connectivity index (χ4v) is 5.08. The van der Waals surface area contributed by atoms with Gasteiger partial charge in [-0.2, -0.15) is 4.31 Å². The van der Waals surface area contributed by atoms with Crippen molar-refractivity contribution in [2.75, 3.05) is 70.7 Å². The number of aromatic nitrogens is 3. The minimum Gasteiger partial charge on any atom is -0.495 e. The number of fused-ring (bicyclic) bond motifs is 1. The molecule has 0 unspecified atom stereocenters. The van der Waals surface area contributed by atoms with Gasteiger partial charge in [-0.15, -0.1) is 0 Å². The van der Waals surface area contributed by atoms with Crippen LogP contribution in [0.2, 0.25) is 0 Å². The molecule has 0 N–H and O–H groups in total. The van der Waals surface area contributed by atoms with Crippen molar-refractivity contribution in [3.05, 3.63) is 30.3 Å². The summed E-state index contributed by atoms with van der Waals surface area (Å²) in [6, 6.07) is 3.81. The van der Waals surface area contributed by atoms with E-state index in [1.54, 1.807) is 19.5 Å². The highest BCUT2D eigenvalue weighted by molar-refractivity contribution is 7.88. The molecule has 34 heavy (non-hydrogen) atoms. The van der Waals surface area contributed by atoms with Crippen LogP contribution < -0.4 is 9.64 Å². The highest BCUT2D eigenvalue weighted by Gasteiger charge is 2.25. The van der Waals surface area contributed by atoms with Crippen LogP contribution in [0, 0.1) is 0 Å². The van der Waals surface area contributed by atoms with Gasteiger partial charge in [-0.3, -0.25) is 9.88 Å². The van der Waals surface area contributed by atoms with Gasteiger partial charge in [0.15, 0.2) is 17.2 Å². The Kier molecular flexibility index (Phi) is 6.38. The van der Waals surface area contributed by atoms with Crippen molar-refractivity contribution in [3.8, 4) is 17.1 Å². The summed E-state index contributed by atoms with van der Waals surface area (Å²) in [6.07, 6.45) is 4.61. The number of hydrogen-bond acceptors (Lipinski definition) is 10. The molecule has 11 nitrogen and oxygen atoms in total. The van der Waals surface area contributed by atoms with Gasteiger partial charge >= 0.3 is 0 Å². The van der Waals surface area contributed by atoms with Crippen molar-refractivity contribution in [2.24, 2.45) is 0 Å². The van der Waals surface area contributed by atoms with Gasteiger partial charge in [0, 0.05) is 57.1 Å². The van der Waals surface area contributed by atoms with Crippen LogP contribution in [-0.4, -0.2) is 98.4 Å². The molecule has 2 saturated heterocycles. The molecule has 5 heterocycles. The fraction of sp³-hybridized carbons (Fsp3) is 0.500. The zero-order valence-corrected chi connectivity index (χ0v) is 20.1. The van der Waals surface area contributed by atoms with E-state index in [1.165, 1.54) is 10.6 Å². The first kappa shape index (κ1) is 23.0. The van der Waals surface area contributed by atoms with E-state index in [4.69, 9.17) is 23.9 Å². The molecular weight excluding hydrogens is 460 g/mol. The summed E-state index contributed by atoms with van der Waals surface area (Å²) in [6.45, 7) is 5.50. The van der Waals surface area contributed by atoms with Crippen molar-refractivity contribution >= 4 is 26.9 Å². The summed E-state index contributed by atoms with van der Waals surface area (Å²) in [7, 11) is -1.56. The number of furan rings is 1. The van der Waals surface area contributed by atoms with E-state index < -0.39 is 10.0 Å². The number of piperazine rings is 1. The minimum absolute atomic E-state index is 0.477. The van der Waals surface area contributed by atoms with E-state index >= 15 is 0 Å². The van der Waals surface area contributed by atoms with Crippen LogP contribution in [0.1, 0.15) is 5.76 Å². The summed E-state index contributed by atoms with van der Waals surface area (Å²) in [5.41, 5.74) is 2.13. The number of ether oxygens (including phenoxy) is 2. The normalized spacial score (nSPS) is 18.5. The Morgan fingerprint density at radius 3 is 2.50 bits per heavy atom. The van der Waals surface area contributed by atoms with E-state index in [9.17, 15) is 8.42 Å². The number of pyridine rings is 1. The average Bonchev–Trinajstić information content (AvgIpc) is 3.26. The van der Waals surface area contributed by atoms with Gasteiger partial charge in [-0.25, -0.2) is 18.4 Å². The Hall–Kier alpha value is -2.80. The molecular formula is C22H28N6O5S. The number of hydrogen-bond donors (Lipinski definition) is 0. The van der Waals surface area contributed by atoms with Crippen molar-refractivity contribution in [1.29, 1.82) is 0 Å². The molecule has 3 aromatic rings. The standard InChI is InChI=1S/C22H28N6O5S/c1-31-17-11-16(13-23-14-17)21-24-19-12-18(15-26-3-5-28(6-4-26)34(2,29)30)33-20(19)22(25-21)27-7-9-32-10-8-27/h11-14H,3-10,15H2,1-2H3. The predicted molar refractivity (Wildman–Crippen MR) is 126 cm³/mol. The lowest BCUT2D eigenvalue weighted by Crippen LogP contribution is -2.47. The van der Waals surface area contributed by atoms with Crippen LogP contribution >= 0.6 is 0 Å². The van der Waals surface area contributed by atoms with E-state index in [-0.39, 0.29) is 0 Å². The van der Waals surface area contributed by atoms with E-state index in [2.05, 4.69) is 14.8 Å². The van der Waals surface area contributed by atoms with Gasteiger partial charge in [-0.05, 0) is 6.07 Å². The highest BCUT2D eigenvalue weighted by atomic mass is 32.2. The number of rotatable bonds is 6. The third kappa shape index (κ3) is 4.85. The first-order chi connectivity index (χ1) is 16.4. The number of sulfonamides is 1. The summed E-state index contributed by atoms with van der Waals surface area (Å²) in [4.78, 5) is 18.2. The van der Waals surface area contributed by atoms with Crippen molar-refractivity contribution in [2.45, 2.75) is 6.54 Å². The molecule has 182 valence electrons. The third-order valence-corrected chi connectivity index (χ3v) is 7.41. The third-order valence-electron chi connectivity index (χ3n) is 6.10. The second-order valence-corrected chi connectivity index (χ2v) is 10.4. The summed E-state index contributed by atoms with van der Waals surface area (Å²) in [5, 5.41) is 0. The lowest BCUT2D eigenvalue weighted by Gasteiger charge is -2.32. The molecule has 0 aliphatic carbocycles. The van der Waals surface area contributed by atoms with E-state index in [0.29, 0.717) is 76.2 Å². The number of nitrogens with zero attached hydrogens (tertiary/aromatic N) is 6. The maximum atomic E-state index is 11.8. The Morgan fingerprint density at radius 1 is 1.03 bits per heavy atom. The predicted octanol–water partition coefficient (Wildman–Crippen LogP) is 1.21. The molecule has 0 amide bonds. The molecule has 5 rings (SSSR count). The Labute approximate surface area is 198 Å². The highest BCUT2D eigenvalue weighted by Crippen LogP contribution is 2.31. The molecule has 12 heteroatoms. The first-order valence-corrected chi connectivity index (χ1v) is 13.1.